The van der Waals surface area contributed by atoms with Crippen LogP contribution in [-0.4, -0.2) is 17.4 Å². The summed E-state index contributed by atoms with van der Waals surface area (Å²) in [6.07, 6.45) is 8.65. The number of ether oxygens (including phenoxy) is 1. The lowest BCUT2D eigenvalue weighted by Crippen LogP contribution is -2.39. The number of fused-ring (bicyclic) bond motifs is 1. The third-order valence-electron chi connectivity index (χ3n) is 4.50. The van der Waals surface area contributed by atoms with Gasteiger partial charge in [0.05, 0.1) is 17.2 Å². The molecule has 120 valence electrons. The molecule has 1 unspecified atom stereocenters. The van der Waals surface area contributed by atoms with E-state index in [-0.39, 0.29) is 4.71 Å². The van der Waals surface area contributed by atoms with Crippen LogP contribution in [0.2, 0.25) is 0 Å². The number of nitrogens with zero attached hydrogens (tertiary/aromatic N) is 2. The molecule has 0 spiro atoms. The molecule has 0 bridgehead atoms. The summed E-state index contributed by atoms with van der Waals surface area (Å²) in [5, 5.41) is 9.76. The molecule has 1 atom stereocenters. The molecule has 1 heterocycles. The Morgan fingerprint density at radius 2 is 2.14 bits per heavy atom. The zero-order chi connectivity index (χ0) is 15.4. The minimum Gasteiger partial charge on any atom is -0.492 e. The summed E-state index contributed by atoms with van der Waals surface area (Å²) in [6, 6.07) is 6.88. The van der Waals surface area contributed by atoms with Gasteiger partial charge in [-0.1, -0.05) is 55.6 Å². The molecular formula is C17H24N2OS2. The second kappa shape index (κ2) is 7.84. The van der Waals surface area contributed by atoms with E-state index in [1.807, 2.05) is 0 Å². The van der Waals surface area contributed by atoms with Crippen LogP contribution in [0.25, 0.3) is 0 Å². The van der Waals surface area contributed by atoms with Gasteiger partial charge in [0, 0.05) is 6.04 Å². The Bertz CT molecular complexity index is 492. The van der Waals surface area contributed by atoms with Crippen molar-refractivity contribution in [3.63, 3.8) is 0 Å². The van der Waals surface area contributed by atoms with Crippen LogP contribution in [0, 0.1) is 0 Å². The maximum Gasteiger partial charge on any atom is 0.144 e. The van der Waals surface area contributed by atoms with Gasteiger partial charge in [-0.25, -0.2) is 0 Å². The van der Waals surface area contributed by atoms with Gasteiger partial charge in [0.1, 0.15) is 10.5 Å². The molecule has 2 radical (unpaired) electrons. The van der Waals surface area contributed by atoms with E-state index in [4.69, 9.17) is 4.74 Å². The number of hydrogen-bond donors (Lipinski definition) is 0. The van der Waals surface area contributed by atoms with E-state index in [0.29, 0.717) is 6.04 Å². The van der Waals surface area contributed by atoms with Gasteiger partial charge in [-0.05, 0) is 43.3 Å². The number of thioether (sulfide) groups is 1. The van der Waals surface area contributed by atoms with E-state index in [2.05, 4.69) is 30.0 Å². The van der Waals surface area contributed by atoms with E-state index < -0.39 is 0 Å². The first kappa shape index (κ1) is 16.3. The monoisotopic (exact) mass is 336 g/mol. The van der Waals surface area contributed by atoms with Gasteiger partial charge >= 0.3 is 0 Å². The van der Waals surface area contributed by atoms with Crippen molar-refractivity contribution in [2.24, 2.45) is 0 Å². The van der Waals surface area contributed by atoms with Gasteiger partial charge in [0.15, 0.2) is 0 Å². The number of hydrogen-bond acceptors (Lipinski definition) is 4. The van der Waals surface area contributed by atoms with Gasteiger partial charge < -0.3 is 9.64 Å². The van der Waals surface area contributed by atoms with Crippen molar-refractivity contribution in [1.82, 2.24) is 5.14 Å². The number of unbranched alkanes of at least 4 members (excludes halogenated alkanes) is 1. The predicted molar refractivity (Wildman–Crippen MR) is 95.6 cm³/mol. The minimum absolute atomic E-state index is 0.0639. The second-order valence-electron chi connectivity index (χ2n) is 6.04. The standard InChI is InChI=1S/C17H24N2OS2/c1-2-3-12-20-15-11-7-10-14-16(15)21-17(22-18)19(14)13-8-5-4-6-9-13/h7,10-11,13,17H,2-6,8-9,12H2,1H3. The van der Waals surface area contributed by atoms with Crippen LogP contribution in [0.15, 0.2) is 23.1 Å². The molecule has 0 amide bonds. The SMILES string of the molecule is CCCCOc1cccc2c1SC(S[N])N2C1CCCCC1. The number of anilines is 1. The first-order chi connectivity index (χ1) is 10.8. The summed E-state index contributed by atoms with van der Waals surface area (Å²) in [5.74, 6) is 0.980. The fraction of sp³-hybridized carbons (Fsp3) is 0.647. The Morgan fingerprint density at radius 1 is 1.32 bits per heavy atom. The molecule has 1 fully saturated rings. The molecule has 22 heavy (non-hydrogen) atoms. The van der Waals surface area contributed by atoms with Gasteiger partial charge in [0.2, 0.25) is 0 Å². The van der Waals surface area contributed by atoms with Crippen LogP contribution in [0.4, 0.5) is 5.69 Å². The predicted octanol–water partition coefficient (Wildman–Crippen LogP) is 5.11. The zero-order valence-electron chi connectivity index (χ0n) is 13.2. The van der Waals surface area contributed by atoms with Crippen molar-refractivity contribution in [2.45, 2.75) is 67.5 Å². The van der Waals surface area contributed by atoms with Gasteiger partial charge in [-0.2, -0.15) is 0 Å². The third kappa shape index (κ3) is 3.36. The van der Waals surface area contributed by atoms with Crippen LogP contribution >= 0.6 is 23.7 Å². The van der Waals surface area contributed by atoms with E-state index >= 15 is 0 Å². The molecule has 0 saturated heterocycles. The lowest BCUT2D eigenvalue weighted by Gasteiger charge is -2.35. The molecule has 1 aliphatic heterocycles. The summed E-state index contributed by atoms with van der Waals surface area (Å²) in [6.45, 7) is 2.95. The normalized spacial score (nSPS) is 21.9. The van der Waals surface area contributed by atoms with Crippen molar-refractivity contribution in [2.75, 3.05) is 11.5 Å². The largest absolute Gasteiger partial charge is 0.492 e. The van der Waals surface area contributed by atoms with Crippen molar-refractivity contribution in [3.05, 3.63) is 18.2 Å². The summed E-state index contributed by atoms with van der Waals surface area (Å²) < 4.78 is 6.04. The molecule has 3 nitrogen and oxygen atoms in total. The van der Waals surface area contributed by atoms with Gasteiger partial charge in [0.25, 0.3) is 0 Å². The summed E-state index contributed by atoms with van der Waals surface area (Å²) in [5.41, 5.74) is 1.25. The smallest absolute Gasteiger partial charge is 0.144 e. The van der Waals surface area contributed by atoms with Gasteiger partial charge in [-0.15, -0.1) is 0 Å². The molecule has 0 aromatic heterocycles. The molecular weight excluding hydrogens is 312 g/mol. The van der Waals surface area contributed by atoms with Crippen molar-refractivity contribution in [1.29, 1.82) is 0 Å². The van der Waals surface area contributed by atoms with Crippen LogP contribution in [0.1, 0.15) is 51.9 Å². The maximum absolute atomic E-state index is 9.76. The Labute approximate surface area is 142 Å². The highest BCUT2D eigenvalue weighted by Crippen LogP contribution is 2.53. The van der Waals surface area contributed by atoms with E-state index in [9.17, 15) is 5.14 Å². The van der Waals surface area contributed by atoms with E-state index in [1.54, 1.807) is 11.8 Å². The van der Waals surface area contributed by atoms with Crippen LogP contribution in [0.3, 0.4) is 0 Å². The Balaban J connectivity index is 1.83. The highest BCUT2D eigenvalue weighted by Gasteiger charge is 2.37. The second-order valence-corrected chi connectivity index (χ2v) is 8.08. The maximum atomic E-state index is 9.76. The average Bonchev–Trinajstić information content (AvgIpc) is 2.95. The number of benzene rings is 1. The van der Waals surface area contributed by atoms with E-state index in [0.717, 1.165) is 37.1 Å². The Kier molecular flexibility index (Phi) is 5.83. The lowest BCUT2D eigenvalue weighted by molar-refractivity contribution is 0.302. The Hall–Kier alpha value is -0.520. The van der Waals surface area contributed by atoms with E-state index in [1.165, 1.54) is 42.7 Å². The van der Waals surface area contributed by atoms with Crippen LogP contribution in [0.5, 0.6) is 5.75 Å². The molecule has 5 heteroatoms. The van der Waals surface area contributed by atoms with Crippen molar-refractivity contribution < 1.29 is 4.74 Å². The molecule has 1 aromatic carbocycles. The first-order valence-corrected chi connectivity index (χ1v) is 10.1. The molecule has 2 aliphatic rings. The summed E-state index contributed by atoms with van der Waals surface area (Å²) in [4.78, 5) is 3.63. The number of rotatable bonds is 6. The topological polar surface area (TPSA) is 34.8 Å². The average molecular weight is 337 g/mol. The van der Waals surface area contributed by atoms with Crippen molar-refractivity contribution >= 4 is 29.4 Å². The molecule has 1 saturated carbocycles. The lowest BCUT2D eigenvalue weighted by atomic mass is 9.94. The van der Waals surface area contributed by atoms with Crippen LogP contribution in [-0.2, 0) is 0 Å². The fourth-order valence-electron chi connectivity index (χ4n) is 3.34. The van der Waals surface area contributed by atoms with Crippen LogP contribution < -0.4 is 14.8 Å². The quantitative estimate of drug-likeness (QED) is 0.534. The third-order valence-corrected chi connectivity index (χ3v) is 6.52. The fourth-order valence-corrected chi connectivity index (χ4v) is 5.32. The molecule has 1 aliphatic carbocycles. The molecule has 0 N–H and O–H groups in total. The molecule has 1 aromatic rings. The van der Waals surface area contributed by atoms with Crippen molar-refractivity contribution in [3.8, 4) is 5.75 Å². The Morgan fingerprint density at radius 3 is 2.86 bits per heavy atom. The summed E-state index contributed by atoms with van der Waals surface area (Å²) >= 11 is 2.70. The highest BCUT2D eigenvalue weighted by atomic mass is 32.2. The van der Waals surface area contributed by atoms with Gasteiger partial charge in [-0.3, -0.25) is 0 Å². The zero-order valence-corrected chi connectivity index (χ0v) is 14.8. The summed E-state index contributed by atoms with van der Waals surface area (Å²) in [7, 11) is 0. The highest BCUT2D eigenvalue weighted by molar-refractivity contribution is 8.16. The molecule has 3 rings (SSSR count). The first-order valence-electron chi connectivity index (χ1n) is 8.36. The minimum atomic E-state index is 0.0639.